The molecule has 3 aromatic rings. The Hall–Kier alpha value is -2.18. The summed E-state index contributed by atoms with van der Waals surface area (Å²) in [6.07, 6.45) is 0. The van der Waals surface area contributed by atoms with Crippen molar-refractivity contribution in [3.63, 3.8) is 0 Å². The molecule has 2 aromatic carbocycles. The summed E-state index contributed by atoms with van der Waals surface area (Å²) in [4.78, 5) is 0. The van der Waals surface area contributed by atoms with Gasteiger partial charge in [-0.2, -0.15) is 0 Å². The standard InChI is InChI=1S/C19H19ClN2O3S/c1-12-4-5-13(2)17(8-12)24-10-18-21-22-19(25-18)26-11-14-9-15(20)6-7-16(14)23-3/h4-9H,10-11H2,1-3H3. The van der Waals surface area contributed by atoms with Gasteiger partial charge < -0.3 is 13.9 Å². The number of halogens is 1. The number of ether oxygens (including phenoxy) is 2. The van der Waals surface area contributed by atoms with Gasteiger partial charge in [-0.3, -0.25) is 0 Å². The third-order valence-corrected chi connectivity index (χ3v) is 4.84. The lowest BCUT2D eigenvalue weighted by molar-refractivity contribution is 0.250. The lowest BCUT2D eigenvalue weighted by atomic mass is 10.1. The van der Waals surface area contributed by atoms with E-state index in [4.69, 9.17) is 25.5 Å². The number of methoxy groups -OCH3 is 1. The maximum Gasteiger partial charge on any atom is 0.277 e. The van der Waals surface area contributed by atoms with E-state index in [1.165, 1.54) is 11.8 Å². The van der Waals surface area contributed by atoms with Crippen LogP contribution in [0, 0.1) is 13.8 Å². The maximum absolute atomic E-state index is 6.05. The summed E-state index contributed by atoms with van der Waals surface area (Å²) in [6, 6.07) is 11.6. The van der Waals surface area contributed by atoms with Gasteiger partial charge in [-0.15, -0.1) is 10.2 Å². The number of nitrogens with zero attached hydrogens (tertiary/aromatic N) is 2. The highest BCUT2D eigenvalue weighted by atomic mass is 35.5. The highest BCUT2D eigenvalue weighted by molar-refractivity contribution is 7.98. The molecule has 0 radical (unpaired) electrons. The fourth-order valence-corrected chi connectivity index (χ4v) is 3.31. The highest BCUT2D eigenvalue weighted by Crippen LogP contribution is 2.29. The van der Waals surface area contributed by atoms with Crippen molar-refractivity contribution >= 4 is 23.4 Å². The Labute approximate surface area is 161 Å². The van der Waals surface area contributed by atoms with Gasteiger partial charge >= 0.3 is 0 Å². The van der Waals surface area contributed by atoms with Crippen LogP contribution in [-0.4, -0.2) is 17.3 Å². The van der Waals surface area contributed by atoms with Gasteiger partial charge in [-0.25, -0.2) is 0 Å². The van der Waals surface area contributed by atoms with Crippen molar-refractivity contribution in [3.05, 3.63) is 64.0 Å². The predicted molar refractivity (Wildman–Crippen MR) is 102 cm³/mol. The van der Waals surface area contributed by atoms with E-state index in [1.54, 1.807) is 13.2 Å². The van der Waals surface area contributed by atoms with Crippen LogP contribution in [0.15, 0.2) is 46.0 Å². The van der Waals surface area contributed by atoms with Crippen molar-refractivity contribution in [1.82, 2.24) is 10.2 Å². The zero-order valence-electron chi connectivity index (χ0n) is 14.8. The molecular weight excluding hydrogens is 372 g/mol. The molecule has 5 nitrogen and oxygen atoms in total. The summed E-state index contributed by atoms with van der Waals surface area (Å²) < 4.78 is 16.8. The molecule has 0 atom stereocenters. The first-order chi connectivity index (χ1) is 12.5. The second-order valence-electron chi connectivity index (χ2n) is 5.76. The molecule has 0 aliphatic heterocycles. The van der Waals surface area contributed by atoms with Crippen LogP contribution in [0.3, 0.4) is 0 Å². The Balaban J connectivity index is 1.60. The Morgan fingerprint density at radius 1 is 1.08 bits per heavy atom. The number of hydrogen-bond acceptors (Lipinski definition) is 6. The fourth-order valence-electron chi connectivity index (χ4n) is 2.36. The average Bonchev–Trinajstić information content (AvgIpc) is 3.09. The van der Waals surface area contributed by atoms with Crippen LogP contribution in [0.4, 0.5) is 0 Å². The van der Waals surface area contributed by atoms with Gasteiger partial charge in [-0.05, 0) is 49.2 Å². The summed E-state index contributed by atoms with van der Waals surface area (Å²) in [5.41, 5.74) is 3.18. The Kier molecular flexibility index (Phi) is 6.06. The zero-order chi connectivity index (χ0) is 18.5. The molecule has 0 saturated heterocycles. The van der Waals surface area contributed by atoms with E-state index in [1.807, 2.05) is 44.2 Å². The quantitative estimate of drug-likeness (QED) is 0.515. The summed E-state index contributed by atoms with van der Waals surface area (Å²) in [6.45, 7) is 4.26. The van der Waals surface area contributed by atoms with Gasteiger partial charge in [0.25, 0.3) is 11.1 Å². The molecule has 0 amide bonds. The lowest BCUT2D eigenvalue weighted by Gasteiger charge is -2.08. The topological polar surface area (TPSA) is 57.4 Å². The molecule has 0 saturated carbocycles. The van der Waals surface area contributed by atoms with Crippen LogP contribution in [0.1, 0.15) is 22.6 Å². The molecular formula is C19H19ClN2O3S. The number of rotatable bonds is 7. The summed E-state index contributed by atoms with van der Waals surface area (Å²) in [5.74, 6) is 2.65. The van der Waals surface area contributed by atoms with E-state index in [0.29, 0.717) is 21.9 Å². The van der Waals surface area contributed by atoms with Crippen LogP contribution in [0.5, 0.6) is 11.5 Å². The first-order valence-corrected chi connectivity index (χ1v) is 9.39. The third kappa shape index (κ3) is 4.71. The predicted octanol–water partition coefficient (Wildman–Crippen LogP) is 5.22. The second-order valence-corrected chi connectivity index (χ2v) is 7.13. The van der Waals surface area contributed by atoms with Crippen molar-refractivity contribution < 1.29 is 13.9 Å². The third-order valence-electron chi connectivity index (χ3n) is 3.74. The first kappa shape index (κ1) is 18.6. The molecule has 7 heteroatoms. The minimum Gasteiger partial charge on any atom is -0.496 e. The van der Waals surface area contributed by atoms with Crippen LogP contribution in [0.2, 0.25) is 5.02 Å². The summed E-state index contributed by atoms with van der Waals surface area (Å²) >= 11 is 7.48. The van der Waals surface area contributed by atoms with Crippen LogP contribution >= 0.6 is 23.4 Å². The number of thioether (sulfide) groups is 1. The van der Waals surface area contributed by atoms with Gasteiger partial charge in [-0.1, -0.05) is 35.5 Å². The number of benzene rings is 2. The Bertz CT molecular complexity index is 898. The van der Waals surface area contributed by atoms with Crippen molar-refractivity contribution in [2.75, 3.05) is 7.11 Å². The molecule has 136 valence electrons. The molecule has 0 unspecified atom stereocenters. The van der Waals surface area contributed by atoms with Crippen molar-refractivity contribution in [3.8, 4) is 11.5 Å². The van der Waals surface area contributed by atoms with E-state index < -0.39 is 0 Å². The molecule has 0 fully saturated rings. The van der Waals surface area contributed by atoms with Crippen molar-refractivity contribution in [2.45, 2.75) is 31.4 Å². The molecule has 0 N–H and O–H groups in total. The Morgan fingerprint density at radius 2 is 1.92 bits per heavy atom. The molecule has 0 aliphatic rings. The molecule has 0 bridgehead atoms. The Morgan fingerprint density at radius 3 is 2.73 bits per heavy atom. The summed E-state index contributed by atoms with van der Waals surface area (Å²) in [7, 11) is 1.63. The normalized spacial score (nSPS) is 10.8. The smallest absolute Gasteiger partial charge is 0.277 e. The summed E-state index contributed by atoms with van der Waals surface area (Å²) in [5, 5.41) is 9.23. The monoisotopic (exact) mass is 390 g/mol. The van der Waals surface area contributed by atoms with E-state index in [2.05, 4.69) is 10.2 Å². The van der Waals surface area contributed by atoms with E-state index in [9.17, 15) is 0 Å². The van der Waals surface area contributed by atoms with Crippen LogP contribution in [0.25, 0.3) is 0 Å². The van der Waals surface area contributed by atoms with Crippen LogP contribution in [-0.2, 0) is 12.4 Å². The van der Waals surface area contributed by atoms with Gasteiger partial charge in [0.05, 0.1) is 7.11 Å². The van der Waals surface area contributed by atoms with Gasteiger partial charge in [0.1, 0.15) is 11.5 Å². The van der Waals surface area contributed by atoms with E-state index >= 15 is 0 Å². The number of hydrogen-bond donors (Lipinski definition) is 0. The second kappa shape index (κ2) is 8.47. The van der Waals surface area contributed by atoms with Gasteiger partial charge in [0.15, 0.2) is 6.61 Å². The van der Waals surface area contributed by atoms with Crippen LogP contribution < -0.4 is 9.47 Å². The lowest BCUT2D eigenvalue weighted by Crippen LogP contribution is -1.97. The van der Waals surface area contributed by atoms with E-state index in [0.717, 1.165) is 28.2 Å². The van der Waals surface area contributed by atoms with E-state index in [-0.39, 0.29) is 6.61 Å². The zero-order valence-corrected chi connectivity index (χ0v) is 16.4. The van der Waals surface area contributed by atoms with Crippen molar-refractivity contribution in [1.29, 1.82) is 0 Å². The maximum atomic E-state index is 6.05. The average molecular weight is 391 g/mol. The molecule has 0 spiro atoms. The number of aromatic nitrogens is 2. The van der Waals surface area contributed by atoms with Gasteiger partial charge in [0, 0.05) is 16.3 Å². The largest absolute Gasteiger partial charge is 0.496 e. The molecule has 26 heavy (non-hydrogen) atoms. The minimum atomic E-state index is 0.234. The van der Waals surface area contributed by atoms with Crippen molar-refractivity contribution in [2.24, 2.45) is 0 Å². The molecule has 1 aromatic heterocycles. The molecule has 1 heterocycles. The number of aryl methyl sites for hydroxylation is 2. The molecule has 0 aliphatic carbocycles. The minimum absolute atomic E-state index is 0.234. The SMILES string of the molecule is COc1ccc(Cl)cc1CSc1nnc(COc2cc(C)ccc2C)o1. The first-order valence-electron chi connectivity index (χ1n) is 8.03. The van der Waals surface area contributed by atoms with Gasteiger partial charge in [0.2, 0.25) is 0 Å². The fraction of sp³-hybridized carbons (Fsp3) is 0.263. The highest BCUT2D eigenvalue weighted by Gasteiger charge is 2.11. The molecule has 3 rings (SSSR count).